The number of ether oxygens (including phenoxy) is 3. The zero-order chi connectivity index (χ0) is 24.5. The van der Waals surface area contributed by atoms with Crippen LogP contribution in [0, 0.1) is 11.8 Å². The highest BCUT2D eigenvalue weighted by Gasteiger charge is 2.69. The molecule has 0 radical (unpaired) electrons. The van der Waals surface area contributed by atoms with Crippen molar-refractivity contribution in [1.29, 1.82) is 0 Å². The van der Waals surface area contributed by atoms with Crippen LogP contribution in [-0.2, 0) is 23.1 Å². The number of hydrogen-bond acceptors (Lipinski definition) is 4. The third kappa shape index (κ3) is 3.91. The molecule has 0 N–H and O–H groups in total. The number of benzene rings is 2. The number of ketones is 1. The molecule has 2 bridgehead atoms. The lowest BCUT2D eigenvalue weighted by molar-refractivity contribution is -0.946. The van der Waals surface area contributed by atoms with Crippen molar-refractivity contribution in [3.63, 3.8) is 0 Å². The summed E-state index contributed by atoms with van der Waals surface area (Å²) in [5.41, 5.74) is 3.69. The lowest BCUT2D eigenvalue weighted by Gasteiger charge is -2.60. The molecule has 3 fully saturated rings. The fourth-order valence-electron chi connectivity index (χ4n) is 8.33. The average Bonchev–Trinajstić information content (AvgIpc) is 3.63. The van der Waals surface area contributed by atoms with Crippen molar-refractivity contribution in [2.24, 2.45) is 11.8 Å². The highest BCUT2D eigenvalue weighted by atomic mass is 127. The molecule has 1 spiro atoms. The molecule has 2 saturated carbocycles. The van der Waals surface area contributed by atoms with Crippen LogP contribution in [0.3, 0.4) is 0 Å². The fraction of sp³-hybridized carbons (Fsp3) is 0.581. The van der Waals surface area contributed by atoms with Gasteiger partial charge in [0, 0.05) is 48.3 Å². The van der Waals surface area contributed by atoms with E-state index in [9.17, 15) is 4.79 Å². The maximum Gasteiger partial charge on any atom is 0.174 e. The van der Waals surface area contributed by atoms with Crippen LogP contribution < -0.4 is 38.2 Å². The smallest absolute Gasteiger partial charge is 0.174 e. The van der Waals surface area contributed by atoms with E-state index in [0.717, 1.165) is 66.3 Å². The third-order valence-corrected chi connectivity index (χ3v) is 10.2. The molecule has 2 aromatic rings. The minimum Gasteiger partial charge on any atom is -1.00 e. The van der Waals surface area contributed by atoms with E-state index in [1.54, 1.807) is 7.11 Å². The van der Waals surface area contributed by atoms with Crippen LogP contribution >= 0.6 is 0 Å². The molecule has 7 rings (SSSR count). The van der Waals surface area contributed by atoms with Gasteiger partial charge in [-0.05, 0) is 37.7 Å². The number of hydrogen-bond donors (Lipinski definition) is 0. The molecule has 5 atom stereocenters. The van der Waals surface area contributed by atoms with Crippen LogP contribution in [0.4, 0.5) is 0 Å². The van der Waals surface area contributed by atoms with Gasteiger partial charge in [-0.2, -0.15) is 0 Å². The maximum absolute atomic E-state index is 13.3. The molecule has 198 valence electrons. The number of quaternary nitrogens is 1. The van der Waals surface area contributed by atoms with Gasteiger partial charge >= 0.3 is 0 Å². The fourth-order valence-corrected chi connectivity index (χ4v) is 8.33. The minimum absolute atomic E-state index is 0. The van der Waals surface area contributed by atoms with Crippen molar-refractivity contribution in [2.75, 3.05) is 33.9 Å². The molecule has 0 amide bonds. The molecular weight excluding hydrogens is 577 g/mol. The second-order valence-electron chi connectivity index (χ2n) is 12.2. The van der Waals surface area contributed by atoms with Crippen LogP contribution in [0.15, 0.2) is 36.4 Å². The molecule has 37 heavy (non-hydrogen) atoms. The van der Waals surface area contributed by atoms with Gasteiger partial charge in [0.15, 0.2) is 23.4 Å². The number of likely N-dealkylation sites (N-methyl/N-ethyl adjacent to an activating group) is 1. The first-order valence-corrected chi connectivity index (χ1v) is 14.0. The summed E-state index contributed by atoms with van der Waals surface area (Å²) in [6.07, 6.45) is 8.05. The quantitative estimate of drug-likeness (QED) is 0.259. The summed E-state index contributed by atoms with van der Waals surface area (Å²) in [5.74, 6) is 4.15. The van der Waals surface area contributed by atoms with E-state index in [1.807, 2.05) is 6.07 Å². The van der Waals surface area contributed by atoms with Gasteiger partial charge in [-0.1, -0.05) is 30.3 Å². The van der Waals surface area contributed by atoms with Crippen molar-refractivity contribution in [3.8, 4) is 17.2 Å². The first-order chi connectivity index (χ1) is 17.5. The lowest BCUT2D eigenvalue weighted by atomic mass is 9.51. The van der Waals surface area contributed by atoms with Gasteiger partial charge in [-0.15, -0.1) is 0 Å². The second kappa shape index (κ2) is 9.44. The van der Waals surface area contributed by atoms with Crippen LogP contribution in [0.2, 0.25) is 0 Å². The summed E-state index contributed by atoms with van der Waals surface area (Å²) in [5, 5.41) is 0. The van der Waals surface area contributed by atoms with E-state index in [-0.39, 0.29) is 41.3 Å². The summed E-state index contributed by atoms with van der Waals surface area (Å²) >= 11 is 0. The average molecular weight is 616 g/mol. The van der Waals surface area contributed by atoms with Crippen molar-refractivity contribution in [1.82, 2.24) is 0 Å². The molecule has 1 saturated heterocycles. The van der Waals surface area contributed by atoms with Crippen LogP contribution in [0.5, 0.6) is 17.2 Å². The molecule has 5 aliphatic rings. The zero-order valence-electron chi connectivity index (χ0n) is 22.0. The summed E-state index contributed by atoms with van der Waals surface area (Å²) < 4.78 is 20.1. The summed E-state index contributed by atoms with van der Waals surface area (Å²) in [6.45, 7) is 3.08. The van der Waals surface area contributed by atoms with E-state index in [4.69, 9.17) is 14.2 Å². The van der Waals surface area contributed by atoms with Gasteiger partial charge in [0.25, 0.3) is 0 Å². The summed E-state index contributed by atoms with van der Waals surface area (Å²) in [6, 6.07) is 13.2. The number of piperidine rings is 1. The molecule has 2 aromatic carbocycles. The number of carbonyl (C=O) groups excluding carboxylic acids is 1. The van der Waals surface area contributed by atoms with Crippen LogP contribution in [-0.4, -0.2) is 56.3 Å². The number of halogens is 1. The van der Waals surface area contributed by atoms with Gasteiger partial charge in [0.2, 0.25) is 0 Å². The van der Waals surface area contributed by atoms with Crippen molar-refractivity contribution in [3.05, 3.63) is 53.1 Å². The third-order valence-electron chi connectivity index (χ3n) is 10.2. The predicted octanol–water partition coefficient (Wildman–Crippen LogP) is 1.87. The minimum atomic E-state index is -0.357. The number of rotatable bonds is 8. The van der Waals surface area contributed by atoms with E-state index in [2.05, 4.69) is 37.4 Å². The van der Waals surface area contributed by atoms with Crippen molar-refractivity contribution < 1.29 is 47.5 Å². The molecule has 0 unspecified atom stereocenters. The molecule has 0 aromatic heterocycles. The van der Waals surface area contributed by atoms with E-state index in [1.165, 1.54) is 36.1 Å². The normalized spacial score (nSPS) is 32.7. The van der Waals surface area contributed by atoms with Crippen LogP contribution in [0.1, 0.15) is 55.2 Å². The number of carbonyl (C=O) groups is 1. The Hall–Kier alpha value is -1.80. The SMILES string of the molecule is COc1cc(OCCCc2ccccc2)c2c3c1O[C@H]1C(=O)CC[C@H]4[C@@H](C2)[N@@+](C)(CC2CC2)CC[C@]314.[I-]. The Morgan fingerprint density at radius 1 is 1.14 bits per heavy atom. The maximum atomic E-state index is 13.3. The van der Waals surface area contributed by atoms with Crippen LogP contribution in [0.25, 0.3) is 0 Å². The Balaban J connectivity index is 0.00000252. The highest BCUT2D eigenvalue weighted by molar-refractivity contribution is 5.89. The molecular formula is C31H38INO4. The Morgan fingerprint density at radius 3 is 2.70 bits per heavy atom. The van der Waals surface area contributed by atoms with Gasteiger partial charge in [0.1, 0.15) is 5.75 Å². The van der Waals surface area contributed by atoms with Gasteiger partial charge in [0.05, 0.1) is 45.3 Å². The zero-order valence-corrected chi connectivity index (χ0v) is 24.2. The number of Topliss-reactive ketones (excluding diaryl/α,β-unsaturated/α-hetero) is 1. The Bertz CT molecular complexity index is 1200. The molecule has 5 nitrogen and oxygen atoms in total. The number of aryl methyl sites for hydroxylation is 1. The second-order valence-corrected chi connectivity index (χ2v) is 12.2. The first-order valence-electron chi connectivity index (χ1n) is 14.0. The van der Waals surface area contributed by atoms with Gasteiger partial charge in [-0.3, -0.25) is 4.79 Å². The monoisotopic (exact) mass is 615 g/mol. The largest absolute Gasteiger partial charge is 1.00 e. The number of likely N-dealkylation sites (tertiary alicyclic amines) is 1. The van der Waals surface area contributed by atoms with E-state index < -0.39 is 0 Å². The molecule has 2 heterocycles. The Labute approximate surface area is 237 Å². The summed E-state index contributed by atoms with van der Waals surface area (Å²) in [4.78, 5) is 13.3. The molecule has 2 aliphatic heterocycles. The van der Waals surface area contributed by atoms with Crippen molar-refractivity contribution >= 4 is 5.78 Å². The predicted molar refractivity (Wildman–Crippen MR) is 138 cm³/mol. The van der Waals surface area contributed by atoms with E-state index >= 15 is 0 Å². The Kier molecular flexibility index (Phi) is 6.50. The molecule has 6 heteroatoms. The number of nitrogens with zero attached hydrogens (tertiary/aromatic N) is 1. The van der Waals surface area contributed by atoms with Gasteiger partial charge in [-0.25, -0.2) is 0 Å². The highest BCUT2D eigenvalue weighted by Crippen LogP contribution is 2.65. The first kappa shape index (κ1) is 25.5. The van der Waals surface area contributed by atoms with E-state index in [0.29, 0.717) is 25.0 Å². The standard InChI is InChI=1S/C31H38NO4.HI/c1-32(19-21-10-11-21)15-14-31-23-12-13-25(33)30(31)36-29-27(34-2)18-26(22(28(29)31)17-24(23)32)35-16-6-9-20-7-4-3-5-8-20;/h3-5,7-8,18,21,23-24,30H,6,9-17,19H2,1-2H3;1H/q+1;/p-1/t23-,24+,30-,31-,32+;/m0./s1. The van der Waals surface area contributed by atoms with Crippen molar-refractivity contribution in [2.45, 2.75) is 68.9 Å². The molecule has 3 aliphatic carbocycles. The topological polar surface area (TPSA) is 44.8 Å². The summed E-state index contributed by atoms with van der Waals surface area (Å²) in [7, 11) is 4.20. The van der Waals surface area contributed by atoms with Gasteiger partial charge < -0.3 is 42.7 Å². The lowest BCUT2D eigenvalue weighted by Crippen LogP contribution is -3.00. The Morgan fingerprint density at radius 2 is 1.95 bits per heavy atom. The number of methoxy groups -OCH3 is 1.